The van der Waals surface area contributed by atoms with E-state index in [1.54, 1.807) is 23.2 Å². The largest absolute Gasteiger partial charge is 0.331 e. The number of rotatable bonds is 5. The maximum atomic E-state index is 12.7. The number of nitrogens with one attached hydrogen (secondary N) is 1. The van der Waals surface area contributed by atoms with Crippen molar-refractivity contribution in [1.82, 2.24) is 9.55 Å². The molecule has 1 fully saturated rings. The summed E-state index contributed by atoms with van der Waals surface area (Å²) in [6.07, 6.45) is 5.17. The molecule has 0 spiro atoms. The summed E-state index contributed by atoms with van der Waals surface area (Å²) in [7, 11) is 0. The van der Waals surface area contributed by atoms with Gasteiger partial charge in [-0.2, -0.15) is 0 Å². The van der Waals surface area contributed by atoms with Crippen molar-refractivity contribution < 1.29 is 9.59 Å². The third kappa shape index (κ3) is 3.67. The van der Waals surface area contributed by atoms with Gasteiger partial charge in [-0.1, -0.05) is 18.2 Å². The fourth-order valence-corrected chi connectivity index (χ4v) is 3.44. The summed E-state index contributed by atoms with van der Waals surface area (Å²) in [5.74, 6) is 0.892. The van der Waals surface area contributed by atoms with Crippen molar-refractivity contribution in [2.75, 3.05) is 16.8 Å². The molecule has 6 heteroatoms. The van der Waals surface area contributed by atoms with E-state index in [9.17, 15) is 9.59 Å². The molecule has 0 unspecified atom stereocenters. The molecule has 2 amide bonds. The molecular weight excluding hydrogens is 352 g/mol. The van der Waals surface area contributed by atoms with Crippen LogP contribution in [0, 0.1) is 6.92 Å². The van der Waals surface area contributed by atoms with E-state index in [-0.39, 0.29) is 11.8 Å². The van der Waals surface area contributed by atoms with Crippen LogP contribution < -0.4 is 10.2 Å². The van der Waals surface area contributed by atoms with Crippen LogP contribution in [0.4, 0.5) is 11.4 Å². The molecule has 6 nitrogen and oxygen atoms in total. The molecule has 4 rings (SSSR count). The average Bonchev–Trinajstić information content (AvgIpc) is 3.31. The second-order valence-electron chi connectivity index (χ2n) is 6.91. The monoisotopic (exact) mass is 374 g/mol. The smallest absolute Gasteiger partial charge is 0.255 e. The van der Waals surface area contributed by atoms with Gasteiger partial charge in [0.25, 0.3) is 5.91 Å². The van der Waals surface area contributed by atoms with Crippen LogP contribution in [0.1, 0.15) is 34.6 Å². The Morgan fingerprint density at radius 2 is 1.93 bits per heavy atom. The lowest BCUT2D eigenvalue weighted by atomic mass is 10.1. The average molecular weight is 374 g/mol. The van der Waals surface area contributed by atoms with Gasteiger partial charge in [0.2, 0.25) is 5.91 Å². The third-order valence-electron chi connectivity index (χ3n) is 5.04. The number of amides is 2. The summed E-state index contributed by atoms with van der Waals surface area (Å²) in [6.45, 7) is 3.33. The molecule has 0 bridgehead atoms. The standard InChI is InChI=1S/C22H22N4O2/c1-16-23-12-14-25(16)15-18-5-2-3-6-20(18)24-22(28)17-8-10-19(11-9-17)26-13-4-7-21(26)27/h2-3,5-6,8-12,14H,4,7,13,15H2,1H3,(H,24,28). The lowest BCUT2D eigenvalue weighted by Gasteiger charge is -2.16. The molecule has 1 aliphatic rings. The molecule has 1 aliphatic heterocycles. The van der Waals surface area contributed by atoms with Crippen LogP contribution in [0.2, 0.25) is 0 Å². The van der Waals surface area contributed by atoms with Gasteiger partial charge in [-0.3, -0.25) is 9.59 Å². The Morgan fingerprint density at radius 1 is 1.14 bits per heavy atom. The van der Waals surface area contributed by atoms with E-state index >= 15 is 0 Å². The highest BCUT2D eigenvalue weighted by Gasteiger charge is 2.21. The van der Waals surface area contributed by atoms with Crippen molar-refractivity contribution >= 4 is 23.2 Å². The first-order chi connectivity index (χ1) is 13.6. The molecule has 1 saturated heterocycles. The lowest BCUT2D eigenvalue weighted by Crippen LogP contribution is -2.23. The molecule has 0 saturated carbocycles. The van der Waals surface area contributed by atoms with Gasteiger partial charge in [0.1, 0.15) is 5.82 Å². The van der Waals surface area contributed by atoms with Crippen molar-refractivity contribution in [1.29, 1.82) is 0 Å². The molecule has 142 valence electrons. The van der Waals surface area contributed by atoms with E-state index < -0.39 is 0 Å². The Labute approximate surface area is 163 Å². The highest BCUT2D eigenvalue weighted by Crippen LogP contribution is 2.23. The first kappa shape index (κ1) is 18.0. The molecular formula is C22H22N4O2. The van der Waals surface area contributed by atoms with E-state index in [1.807, 2.05) is 54.1 Å². The molecule has 1 N–H and O–H groups in total. The van der Waals surface area contributed by atoms with Gasteiger partial charge >= 0.3 is 0 Å². The number of imidazole rings is 1. The van der Waals surface area contributed by atoms with Gasteiger partial charge < -0.3 is 14.8 Å². The highest BCUT2D eigenvalue weighted by atomic mass is 16.2. The Hall–Kier alpha value is -3.41. The Kier molecular flexibility index (Phi) is 4.93. The van der Waals surface area contributed by atoms with Crippen LogP contribution in [0.25, 0.3) is 0 Å². The zero-order valence-electron chi connectivity index (χ0n) is 15.8. The fraction of sp³-hybridized carbons (Fsp3) is 0.227. The van der Waals surface area contributed by atoms with Crippen LogP contribution in [0.15, 0.2) is 60.9 Å². The summed E-state index contributed by atoms with van der Waals surface area (Å²) in [5.41, 5.74) is 3.19. The van der Waals surface area contributed by atoms with Crippen LogP contribution in [-0.2, 0) is 11.3 Å². The van der Waals surface area contributed by atoms with Gasteiger partial charge in [-0.05, 0) is 49.2 Å². The molecule has 28 heavy (non-hydrogen) atoms. The second-order valence-corrected chi connectivity index (χ2v) is 6.91. The summed E-state index contributed by atoms with van der Waals surface area (Å²) in [4.78, 5) is 30.6. The first-order valence-electron chi connectivity index (χ1n) is 9.39. The van der Waals surface area contributed by atoms with Gasteiger partial charge in [0.05, 0.1) is 6.54 Å². The Morgan fingerprint density at radius 3 is 2.61 bits per heavy atom. The van der Waals surface area contributed by atoms with Gasteiger partial charge in [-0.15, -0.1) is 0 Å². The minimum absolute atomic E-state index is 0.140. The zero-order chi connectivity index (χ0) is 19.5. The normalized spacial score (nSPS) is 13.8. The van der Waals surface area contributed by atoms with E-state index in [4.69, 9.17) is 0 Å². The summed E-state index contributed by atoms with van der Waals surface area (Å²) in [5, 5.41) is 3.00. The van der Waals surface area contributed by atoms with Crippen LogP contribution in [0.5, 0.6) is 0 Å². The SMILES string of the molecule is Cc1nccn1Cc1ccccc1NC(=O)c1ccc(N2CCCC2=O)cc1. The topological polar surface area (TPSA) is 67.2 Å². The molecule has 0 atom stereocenters. The maximum Gasteiger partial charge on any atom is 0.255 e. The van der Waals surface area contributed by atoms with Crippen molar-refractivity contribution in [2.45, 2.75) is 26.3 Å². The van der Waals surface area contributed by atoms with Gasteiger partial charge in [-0.25, -0.2) is 4.98 Å². The van der Waals surface area contributed by atoms with Crippen molar-refractivity contribution in [3.8, 4) is 0 Å². The second kappa shape index (κ2) is 7.68. The predicted molar refractivity (Wildman–Crippen MR) is 108 cm³/mol. The summed E-state index contributed by atoms with van der Waals surface area (Å²) in [6, 6.07) is 14.9. The van der Waals surface area contributed by atoms with Gasteiger partial charge in [0.15, 0.2) is 0 Å². The van der Waals surface area contributed by atoms with Crippen LogP contribution >= 0.6 is 0 Å². The highest BCUT2D eigenvalue weighted by molar-refractivity contribution is 6.05. The van der Waals surface area contributed by atoms with Crippen LogP contribution in [-0.4, -0.2) is 27.9 Å². The van der Waals surface area contributed by atoms with E-state index in [1.165, 1.54) is 0 Å². The third-order valence-corrected chi connectivity index (χ3v) is 5.04. The lowest BCUT2D eigenvalue weighted by molar-refractivity contribution is -0.117. The van der Waals surface area contributed by atoms with Crippen molar-refractivity contribution in [3.63, 3.8) is 0 Å². The van der Waals surface area contributed by atoms with Gasteiger partial charge in [0, 0.05) is 42.3 Å². The molecule has 3 aromatic rings. The van der Waals surface area contributed by atoms with E-state index in [2.05, 4.69) is 10.3 Å². The number of carbonyl (C=O) groups is 2. The number of para-hydroxylation sites is 1. The number of hydrogen-bond donors (Lipinski definition) is 1. The number of carbonyl (C=O) groups excluding carboxylic acids is 2. The number of benzene rings is 2. The molecule has 1 aromatic heterocycles. The quantitative estimate of drug-likeness (QED) is 0.742. The van der Waals surface area contributed by atoms with Crippen molar-refractivity contribution in [3.05, 3.63) is 77.9 Å². The zero-order valence-corrected chi connectivity index (χ0v) is 15.8. The molecule has 2 heterocycles. The predicted octanol–water partition coefficient (Wildman–Crippen LogP) is 3.62. The first-order valence-corrected chi connectivity index (χ1v) is 9.39. The molecule has 0 aliphatic carbocycles. The minimum atomic E-state index is -0.172. The number of nitrogens with zero attached hydrogens (tertiary/aromatic N) is 3. The number of aryl methyl sites for hydroxylation is 1. The number of aromatic nitrogens is 2. The Bertz CT molecular complexity index is 1010. The minimum Gasteiger partial charge on any atom is -0.331 e. The molecule has 0 radical (unpaired) electrons. The van der Waals surface area contributed by atoms with E-state index in [0.717, 1.165) is 35.7 Å². The number of anilines is 2. The Balaban J connectivity index is 1.49. The summed E-state index contributed by atoms with van der Waals surface area (Å²) >= 11 is 0. The molecule has 2 aromatic carbocycles. The van der Waals surface area contributed by atoms with Crippen molar-refractivity contribution in [2.24, 2.45) is 0 Å². The maximum absolute atomic E-state index is 12.7. The fourth-order valence-electron chi connectivity index (χ4n) is 3.44. The summed E-state index contributed by atoms with van der Waals surface area (Å²) < 4.78 is 2.03. The van der Waals surface area contributed by atoms with E-state index in [0.29, 0.717) is 18.5 Å². The van der Waals surface area contributed by atoms with Crippen LogP contribution in [0.3, 0.4) is 0 Å². The number of hydrogen-bond acceptors (Lipinski definition) is 3.